The molecule has 1 saturated heterocycles. The van der Waals surface area contributed by atoms with Gasteiger partial charge in [0, 0.05) is 10.9 Å². The predicted molar refractivity (Wildman–Crippen MR) is 139 cm³/mol. The molecule has 4 aromatic rings. The van der Waals surface area contributed by atoms with Gasteiger partial charge in [-0.3, -0.25) is 14.5 Å². The minimum Gasteiger partial charge on any atom is -0.507 e. The Morgan fingerprint density at radius 1 is 0.944 bits per heavy atom. The third-order valence-corrected chi connectivity index (χ3v) is 6.43. The van der Waals surface area contributed by atoms with Gasteiger partial charge >= 0.3 is 0 Å². The van der Waals surface area contributed by atoms with Crippen LogP contribution in [0.15, 0.2) is 95.1 Å². The number of hydrogen-bond acceptors (Lipinski definition) is 5. The molecular formula is C30H27NO5. The van der Waals surface area contributed by atoms with Gasteiger partial charge in [0.05, 0.1) is 24.1 Å². The summed E-state index contributed by atoms with van der Waals surface area (Å²) < 4.78 is 11.4. The van der Waals surface area contributed by atoms with E-state index in [9.17, 15) is 14.7 Å². The van der Waals surface area contributed by atoms with Crippen molar-refractivity contribution < 1.29 is 23.8 Å². The van der Waals surface area contributed by atoms with E-state index in [1.807, 2.05) is 36.4 Å². The van der Waals surface area contributed by atoms with Crippen LogP contribution in [0.5, 0.6) is 5.75 Å². The van der Waals surface area contributed by atoms with Gasteiger partial charge in [-0.2, -0.15) is 0 Å². The lowest BCUT2D eigenvalue weighted by molar-refractivity contribution is -0.132. The second-order valence-electron chi connectivity index (χ2n) is 8.76. The second-order valence-corrected chi connectivity index (χ2v) is 8.76. The summed E-state index contributed by atoms with van der Waals surface area (Å²) in [6.07, 6.45) is 4.67. The summed E-state index contributed by atoms with van der Waals surface area (Å²) in [5.41, 5.74) is 0.981. The summed E-state index contributed by atoms with van der Waals surface area (Å²) in [5, 5.41) is 13.0. The Balaban J connectivity index is 1.57. The quantitative estimate of drug-likeness (QED) is 0.132. The largest absolute Gasteiger partial charge is 0.507 e. The van der Waals surface area contributed by atoms with Crippen molar-refractivity contribution in [2.75, 3.05) is 11.5 Å². The fourth-order valence-electron chi connectivity index (χ4n) is 4.62. The Morgan fingerprint density at radius 2 is 1.72 bits per heavy atom. The first kappa shape index (κ1) is 23.4. The van der Waals surface area contributed by atoms with Gasteiger partial charge in [-0.15, -0.1) is 0 Å². The number of benzene rings is 3. The van der Waals surface area contributed by atoms with Crippen LogP contribution in [0.3, 0.4) is 0 Å². The first-order chi connectivity index (χ1) is 17.6. The van der Waals surface area contributed by atoms with Crippen LogP contribution in [-0.2, 0) is 9.59 Å². The van der Waals surface area contributed by atoms with Gasteiger partial charge in [-0.1, -0.05) is 56.2 Å². The number of anilines is 1. The highest BCUT2D eigenvalue weighted by atomic mass is 16.5. The molecule has 1 unspecified atom stereocenters. The molecule has 36 heavy (non-hydrogen) atoms. The van der Waals surface area contributed by atoms with E-state index in [4.69, 9.17) is 9.15 Å². The number of carbonyl (C=O) groups is 2. The fourth-order valence-corrected chi connectivity index (χ4v) is 4.62. The third kappa shape index (κ3) is 4.26. The third-order valence-electron chi connectivity index (χ3n) is 6.43. The standard InChI is InChI=1S/C30H27NO5/c1-2-3-6-18-35-22-16-14-21(15-17-22)28(32)26-27(25-13-8-19-36-25)31(30(34)29(26)33)24-12-7-10-20-9-4-5-11-23(20)24/h4-5,7-17,19,27,32H,2-3,6,18H2,1H3/b28-26-. The molecular weight excluding hydrogens is 454 g/mol. The highest BCUT2D eigenvalue weighted by Gasteiger charge is 2.48. The lowest BCUT2D eigenvalue weighted by Gasteiger charge is -2.24. The molecule has 0 bridgehead atoms. The number of Topliss-reactive ketones (excluding diaryl/α,β-unsaturated/α-hetero) is 1. The van der Waals surface area contributed by atoms with Crippen molar-refractivity contribution in [3.05, 3.63) is 102 Å². The Bertz CT molecular complexity index is 1410. The zero-order valence-corrected chi connectivity index (χ0v) is 20.0. The topological polar surface area (TPSA) is 80.0 Å². The van der Waals surface area contributed by atoms with E-state index in [0.717, 1.165) is 30.0 Å². The molecule has 1 aromatic heterocycles. The number of nitrogens with zero attached hydrogens (tertiary/aromatic N) is 1. The van der Waals surface area contributed by atoms with Gasteiger partial charge in [-0.25, -0.2) is 0 Å². The van der Waals surface area contributed by atoms with Gasteiger partial charge in [-0.05, 0) is 54.3 Å². The summed E-state index contributed by atoms with van der Waals surface area (Å²) in [6.45, 7) is 2.76. The average molecular weight is 482 g/mol. The predicted octanol–water partition coefficient (Wildman–Crippen LogP) is 6.63. The lowest BCUT2D eigenvalue weighted by atomic mass is 9.98. The Labute approximate surface area is 209 Å². The molecule has 0 aliphatic carbocycles. The molecule has 0 saturated carbocycles. The van der Waals surface area contributed by atoms with E-state index in [-0.39, 0.29) is 11.3 Å². The Kier molecular flexibility index (Phi) is 6.58. The number of aliphatic hydroxyl groups is 1. The number of unbranched alkanes of at least 4 members (excludes halogenated alkanes) is 2. The number of aliphatic hydroxyl groups excluding tert-OH is 1. The molecule has 1 aliphatic heterocycles. The van der Waals surface area contributed by atoms with E-state index in [1.54, 1.807) is 42.5 Å². The molecule has 6 nitrogen and oxygen atoms in total. The average Bonchev–Trinajstić information content (AvgIpc) is 3.53. The normalized spacial score (nSPS) is 17.1. The number of fused-ring (bicyclic) bond motifs is 1. The molecule has 1 amide bonds. The molecule has 1 N–H and O–H groups in total. The highest BCUT2D eigenvalue weighted by Crippen LogP contribution is 2.44. The van der Waals surface area contributed by atoms with Crippen LogP contribution in [0.2, 0.25) is 0 Å². The molecule has 182 valence electrons. The van der Waals surface area contributed by atoms with Crippen LogP contribution in [0.4, 0.5) is 5.69 Å². The van der Waals surface area contributed by atoms with Crippen molar-refractivity contribution >= 4 is 33.9 Å². The first-order valence-electron chi connectivity index (χ1n) is 12.2. The lowest BCUT2D eigenvalue weighted by Crippen LogP contribution is -2.29. The molecule has 0 radical (unpaired) electrons. The van der Waals surface area contributed by atoms with E-state index in [0.29, 0.717) is 29.4 Å². The van der Waals surface area contributed by atoms with Crippen molar-refractivity contribution in [2.24, 2.45) is 0 Å². The van der Waals surface area contributed by atoms with Gasteiger partial charge in [0.25, 0.3) is 11.7 Å². The van der Waals surface area contributed by atoms with Crippen molar-refractivity contribution in [2.45, 2.75) is 32.2 Å². The zero-order chi connectivity index (χ0) is 25.1. The van der Waals surface area contributed by atoms with E-state index in [1.165, 1.54) is 11.2 Å². The van der Waals surface area contributed by atoms with Crippen molar-refractivity contribution in [3.63, 3.8) is 0 Å². The van der Waals surface area contributed by atoms with Gasteiger partial charge < -0.3 is 14.3 Å². The Hall–Kier alpha value is -4.32. The summed E-state index contributed by atoms with van der Waals surface area (Å²) >= 11 is 0. The van der Waals surface area contributed by atoms with Crippen LogP contribution in [0.25, 0.3) is 16.5 Å². The Morgan fingerprint density at radius 3 is 2.47 bits per heavy atom. The molecule has 5 rings (SSSR count). The fraction of sp³-hybridized carbons (Fsp3) is 0.200. The van der Waals surface area contributed by atoms with Crippen molar-refractivity contribution in [3.8, 4) is 5.75 Å². The van der Waals surface area contributed by atoms with Crippen LogP contribution >= 0.6 is 0 Å². The molecule has 1 aliphatic rings. The molecule has 2 heterocycles. The van der Waals surface area contributed by atoms with Gasteiger partial charge in [0.2, 0.25) is 0 Å². The van der Waals surface area contributed by atoms with Crippen molar-refractivity contribution in [1.29, 1.82) is 0 Å². The zero-order valence-electron chi connectivity index (χ0n) is 20.0. The van der Waals surface area contributed by atoms with Crippen LogP contribution in [0.1, 0.15) is 43.6 Å². The molecule has 1 fully saturated rings. The smallest absolute Gasteiger partial charge is 0.300 e. The summed E-state index contributed by atoms with van der Waals surface area (Å²) in [7, 11) is 0. The van der Waals surface area contributed by atoms with E-state index >= 15 is 0 Å². The molecule has 3 aromatic carbocycles. The number of carbonyl (C=O) groups excluding carboxylic acids is 2. The minimum atomic E-state index is -0.907. The van der Waals surface area contributed by atoms with E-state index in [2.05, 4.69) is 6.92 Å². The monoisotopic (exact) mass is 481 g/mol. The maximum absolute atomic E-state index is 13.4. The maximum Gasteiger partial charge on any atom is 0.300 e. The molecule has 6 heteroatoms. The molecule has 0 spiro atoms. The first-order valence-corrected chi connectivity index (χ1v) is 12.2. The summed E-state index contributed by atoms with van der Waals surface area (Å²) in [5.74, 6) is -0.664. The molecule has 1 atom stereocenters. The summed E-state index contributed by atoms with van der Waals surface area (Å²) in [4.78, 5) is 28.2. The van der Waals surface area contributed by atoms with Crippen molar-refractivity contribution in [1.82, 2.24) is 0 Å². The van der Waals surface area contributed by atoms with Gasteiger partial charge in [0.1, 0.15) is 23.3 Å². The van der Waals surface area contributed by atoms with Crippen LogP contribution in [-0.4, -0.2) is 23.4 Å². The van der Waals surface area contributed by atoms with Gasteiger partial charge in [0.15, 0.2) is 0 Å². The highest BCUT2D eigenvalue weighted by molar-refractivity contribution is 6.52. The SMILES string of the molecule is CCCCCOc1ccc(/C(O)=C2/C(=O)C(=O)N(c3cccc4ccccc34)C2c2ccco2)cc1. The van der Waals surface area contributed by atoms with Crippen LogP contribution < -0.4 is 9.64 Å². The maximum atomic E-state index is 13.4. The number of furan rings is 1. The number of amides is 1. The second kappa shape index (κ2) is 10.1. The van der Waals surface area contributed by atoms with Crippen LogP contribution in [0, 0.1) is 0 Å². The minimum absolute atomic E-state index is 0.0144. The number of rotatable bonds is 8. The number of ketones is 1. The number of ether oxygens (including phenoxy) is 1. The summed E-state index contributed by atoms with van der Waals surface area (Å²) in [6, 6.07) is 22.6. The van der Waals surface area contributed by atoms with E-state index < -0.39 is 17.7 Å². The number of hydrogen-bond donors (Lipinski definition) is 1.